The minimum Gasteiger partial charge on any atom is -0.381 e. The molecule has 1 heterocycles. The molecule has 1 saturated heterocycles. The van der Waals surface area contributed by atoms with Crippen LogP contribution in [0, 0.1) is 18.8 Å². The van der Waals surface area contributed by atoms with Crippen molar-refractivity contribution in [2.45, 2.75) is 20.3 Å². The lowest BCUT2D eigenvalue weighted by atomic mass is 9.89. The van der Waals surface area contributed by atoms with Gasteiger partial charge in [-0.25, -0.2) is 8.42 Å². The predicted molar refractivity (Wildman–Crippen MR) is 75.5 cm³/mol. The molecule has 0 aliphatic carbocycles. The van der Waals surface area contributed by atoms with Crippen LogP contribution in [0.5, 0.6) is 0 Å². The molecular weight excluding hydrogens is 264 g/mol. The molecule has 1 aromatic carbocycles. The van der Waals surface area contributed by atoms with Crippen LogP contribution in [-0.2, 0) is 19.9 Å². The molecule has 0 amide bonds. The van der Waals surface area contributed by atoms with Crippen LogP contribution in [0.1, 0.15) is 18.9 Å². The van der Waals surface area contributed by atoms with Crippen molar-refractivity contribution in [3.05, 3.63) is 35.9 Å². The Kier molecular flexibility index (Phi) is 7.70. The third kappa shape index (κ3) is 6.71. The molecule has 0 aromatic heterocycles. The van der Waals surface area contributed by atoms with Crippen LogP contribution < -0.4 is 0 Å². The molecule has 1 aliphatic heterocycles. The van der Waals surface area contributed by atoms with E-state index in [4.69, 9.17) is 4.74 Å². The molecule has 108 valence electrons. The van der Waals surface area contributed by atoms with Gasteiger partial charge < -0.3 is 4.74 Å². The van der Waals surface area contributed by atoms with Gasteiger partial charge in [0.2, 0.25) is 0 Å². The molecule has 0 saturated carbocycles. The van der Waals surface area contributed by atoms with Crippen molar-refractivity contribution in [2.24, 2.45) is 11.8 Å². The van der Waals surface area contributed by atoms with Crippen LogP contribution in [0.25, 0.3) is 0 Å². The zero-order chi connectivity index (χ0) is 14.1. The largest absolute Gasteiger partial charge is 0.381 e. The van der Waals surface area contributed by atoms with E-state index in [1.807, 2.05) is 25.1 Å². The second-order valence-electron chi connectivity index (χ2n) is 4.64. The van der Waals surface area contributed by atoms with Crippen LogP contribution >= 0.6 is 0 Å². The summed E-state index contributed by atoms with van der Waals surface area (Å²) in [5.41, 5.74) is 1.32. The average molecular weight is 286 g/mol. The number of ether oxygens (including phenoxy) is 1. The van der Waals surface area contributed by atoms with Gasteiger partial charge in [-0.3, -0.25) is 4.18 Å². The third-order valence-electron chi connectivity index (χ3n) is 3.19. The van der Waals surface area contributed by atoms with E-state index in [-0.39, 0.29) is 0 Å². The molecule has 0 spiro atoms. The zero-order valence-electron chi connectivity index (χ0n) is 11.5. The monoisotopic (exact) mass is 286 g/mol. The zero-order valence-corrected chi connectivity index (χ0v) is 12.3. The number of hydrogen-bond donors (Lipinski definition) is 1. The number of thiol groups is 1. The summed E-state index contributed by atoms with van der Waals surface area (Å²) in [6.45, 7) is 5.92. The standard InChI is InChI=1S/C7H14O4S.C7H8/c1-2-6(5-11-12(8)9)7-3-10-4-7;1-7-5-3-2-4-6-7/h6-7,12H,2-5H2,1H3;2-6H,1H3. The van der Waals surface area contributed by atoms with Gasteiger partial charge in [-0.05, 0) is 12.8 Å². The summed E-state index contributed by atoms with van der Waals surface area (Å²) >= 11 is 0. The maximum Gasteiger partial charge on any atom is 0.257 e. The maximum atomic E-state index is 10.1. The first-order valence-electron chi connectivity index (χ1n) is 6.50. The van der Waals surface area contributed by atoms with Crippen LogP contribution in [0.3, 0.4) is 0 Å². The smallest absolute Gasteiger partial charge is 0.257 e. The van der Waals surface area contributed by atoms with Gasteiger partial charge in [0.15, 0.2) is 0 Å². The summed E-state index contributed by atoms with van der Waals surface area (Å²) < 4.78 is 29.8. The van der Waals surface area contributed by atoms with Crippen LogP contribution in [0.2, 0.25) is 0 Å². The number of rotatable bonds is 5. The van der Waals surface area contributed by atoms with Gasteiger partial charge in [0.05, 0.1) is 19.8 Å². The summed E-state index contributed by atoms with van der Waals surface area (Å²) in [5.74, 6) is 0.816. The Morgan fingerprint density at radius 3 is 2.26 bits per heavy atom. The Bertz CT molecular complexity index is 405. The Balaban J connectivity index is 0.000000218. The van der Waals surface area contributed by atoms with Gasteiger partial charge in [0.25, 0.3) is 11.0 Å². The number of hydrogen-bond acceptors (Lipinski definition) is 4. The first kappa shape index (κ1) is 16.1. The highest BCUT2D eigenvalue weighted by atomic mass is 32.2. The van der Waals surface area contributed by atoms with Crippen molar-refractivity contribution in [1.29, 1.82) is 0 Å². The molecule has 1 atom stereocenters. The molecule has 5 heteroatoms. The topological polar surface area (TPSA) is 52.6 Å². The minimum absolute atomic E-state index is 0.309. The van der Waals surface area contributed by atoms with Crippen molar-refractivity contribution in [2.75, 3.05) is 19.8 Å². The van der Waals surface area contributed by atoms with Gasteiger partial charge in [0.1, 0.15) is 0 Å². The lowest BCUT2D eigenvalue weighted by Crippen LogP contribution is -2.36. The van der Waals surface area contributed by atoms with Crippen molar-refractivity contribution in [1.82, 2.24) is 0 Å². The summed E-state index contributed by atoms with van der Waals surface area (Å²) in [6.07, 6.45) is 0.942. The van der Waals surface area contributed by atoms with E-state index < -0.39 is 11.0 Å². The number of aryl methyl sites for hydroxylation is 1. The van der Waals surface area contributed by atoms with Crippen LogP contribution in [-0.4, -0.2) is 28.2 Å². The highest BCUT2D eigenvalue weighted by Crippen LogP contribution is 2.23. The van der Waals surface area contributed by atoms with Crippen LogP contribution in [0.4, 0.5) is 0 Å². The number of benzene rings is 1. The SMILES string of the molecule is CCC(CO[SH](=O)=O)C1COC1.Cc1ccccc1. The molecular formula is C14H22O4S. The first-order chi connectivity index (χ1) is 9.13. The van der Waals surface area contributed by atoms with Crippen molar-refractivity contribution in [3.8, 4) is 0 Å². The molecule has 1 fully saturated rings. The second kappa shape index (κ2) is 9.07. The fraction of sp³-hybridized carbons (Fsp3) is 0.571. The summed E-state index contributed by atoms with van der Waals surface area (Å²) in [7, 11) is -2.69. The van der Waals surface area contributed by atoms with E-state index in [0.29, 0.717) is 18.4 Å². The summed E-state index contributed by atoms with van der Waals surface area (Å²) in [5, 5.41) is 0. The molecule has 0 N–H and O–H groups in total. The summed E-state index contributed by atoms with van der Waals surface area (Å²) in [4.78, 5) is 0. The Morgan fingerprint density at radius 2 is 1.95 bits per heavy atom. The second-order valence-corrected chi connectivity index (χ2v) is 5.35. The lowest BCUT2D eigenvalue weighted by Gasteiger charge is -2.32. The Hall–Kier alpha value is -0.910. The van der Waals surface area contributed by atoms with Gasteiger partial charge in [-0.15, -0.1) is 0 Å². The first-order valence-corrected chi connectivity index (χ1v) is 7.59. The maximum absolute atomic E-state index is 10.1. The van der Waals surface area contributed by atoms with E-state index in [0.717, 1.165) is 19.6 Å². The van der Waals surface area contributed by atoms with Gasteiger partial charge >= 0.3 is 0 Å². The van der Waals surface area contributed by atoms with Crippen molar-refractivity contribution < 1.29 is 17.3 Å². The molecule has 1 aromatic rings. The Labute approximate surface area is 116 Å². The highest BCUT2D eigenvalue weighted by molar-refractivity contribution is 7.67. The molecule has 4 nitrogen and oxygen atoms in total. The third-order valence-corrected chi connectivity index (χ3v) is 3.55. The van der Waals surface area contributed by atoms with Gasteiger partial charge in [0, 0.05) is 5.92 Å². The normalized spacial score (nSPS) is 16.4. The molecule has 0 radical (unpaired) electrons. The fourth-order valence-corrected chi connectivity index (χ4v) is 2.12. The van der Waals surface area contributed by atoms with E-state index in [2.05, 4.69) is 23.2 Å². The van der Waals surface area contributed by atoms with Gasteiger partial charge in [-0.1, -0.05) is 49.2 Å². The molecule has 1 aliphatic rings. The van der Waals surface area contributed by atoms with Gasteiger partial charge in [-0.2, -0.15) is 0 Å². The summed E-state index contributed by atoms with van der Waals surface area (Å²) in [6, 6.07) is 10.3. The highest BCUT2D eigenvalue weighted by Gasteiger charge is 2.27. The quantitative estimate of drug-likeness (QED) is 0.843. The average Bonchev–Trinajstić information content (AvgIpc) is 2.33. The predicted octanol–water partition coefficient (Wildman–Crippen LogP) is 2.20. The lowest BCUT2D eigenvalue weighted by molar-refractivity contribution is -0.0687. The molecule has 2 rings (SSSR count). The van der Waals surface area contributed by atoms with E-state index >= 15 is 0 Å². The van der Waals surface area contributed by atoms with E-state index in [9.17, 15) is 8.42 Å². The Morgan fingerprint density at radius 1 is 1.32 bits per heavy atom. The minimum atomic E-state index is -2.69. The molecule has 1 unspecified atom stereocenters. The molecule has 19 heavy (non-hydrogen) atoms. The fourth-order valence-electron chi connectivity index (χ4n) is 1.80. The van der Waals surface area contributed by atoms with Crippen molar-refractivity contribution in [3.63, 3.8) is 0 Å². The van der Waals surface area contributed by atoms with E-state index in [1.54, 1.807) is 0 Å². The van der Waals surface area contributed by atoms with E-state index in [1.165, 1.54) is 5.56 Å². The molecule has 0 bridgehead atoms. The van der Waals surface area contributed by atoms with Crippen LogP contribution in [0.15, 0.2) is 30.3 Å². The van der Waals surface area contributed by atoms with Crippen molar-refractivity contribution >= 4 is 11.0 Å².